The summed E-state index contributed by atoms with van der Waals surface area (Å²) in [6.45, 7) is 1.73. The molecule has 3 aromatic rings. The van der Waals surface area contributed by atoms with Gasteiger partial charge in [0.2, 0.25) is 11.1 Å². The molecule has 1 aromatic carbocycles. The normalized spacial score (nSPS) is 14.5. The number of hydrogen-bond donors (Lipinski definition) is 1. The van der Waals surface area contributed by atoms with E-state index in [0.29, 0.717) is 16.7 Å². The van der Waals surface area contributed by atoms with Gasteiger partial charge in [-0.1, -0.05) is 24.6 Å². The Morgan fingerprint density at radius 1 is 1.25 bits per heavy atom. The molecule has 0 radical (unpaired) electrons. The first-order valence-corrected chi connectivity index (χ1v) is 9.86. The van der Waals surface area contributed by atoms with Crippen molar-refractivity contribution >= 4 is 23.4 Å². The number of carbonyl (C=O) groups is 1. The standard InChI is InChI=1S/C16H18FN9OS/c1-10-19-21-23-25(10)12-6-7-13(17)14(8-12)18-15(27)9-28-16-20-22-24-26(16)11-4-2-3-5-11/h6-8,11H,2-5,9H2,1H3,(H,18,27). The van der Waals surface area contributed by atoms with Gasteiger partial charge < -0.3 is 5.32 Å². The van der Waals surface area contributed by atoms with Gasteiger partial charge in [0, 0.05) is 0 Å². The molecule has 2 heterocycles. The highest BCUT2D eigenvalue weighted by atomic mass is 32.2. The summed E-state index contributed by atoms with van der Waals surface area (Å²) in [5, 5.41) is 26.2. The summed E-state index contributed by atoms with van der Waals surface area (Å²) in [6.07, 6.45) is 4.40. The molecule has 0 bridgehead atoms. The zero-order valence-electron chi connectivity index (χ0n) is 15.1. The minimum absolute atomic E-state index is 0.0633. The molecule has 146 valence electrons. The molecule has 10 nitrogen and oxygen atoms in total. The third-order valence-electron chi connectivity index (χ3n) is 4.56. The fourth-order valence-electron chi connectivity index (χ4n) is 3.19. The van der Waals surface area contributed by atoms with Gasteiger partial charge in [-0.2, -0.15) is 4.68 Å². The van der Waals surface area contributed by atoms with Crippen molar-refractivity contribution in [2.45, 2.75) is 43.8 Å². The lowest BCUT2D eigenvalue weighted by atomic mass is 10.2. The molecule has 1 fully saturated rings. The number of carbonyl (C=O) groups excluding carboxylic acids is 1. The van der Waals surface area contributed by atoms with E-state index < -0.39 is 5.82 Å². The number of rotatable bonds is 6. The molecule has 2 aromatic heterocycles. The quantitative estimate of drug-likeness (QED) is 0.621. The van der Waals surface area contributed by atoms with Crippen molar-refractivity contribution in [3.05, 3.63) is 29.8 Å². The van der Waals surface area contributed by atoms with Crippen LogP contribution in [-0.2, 0) is 4.79 Å². The molecule has 1 aliphatic carbocycles. The molecular weight excluding hydrogens is 385 g/mol. The third-order valence-corrected chi connectivity index (χ3v) is 5.49. The average Bonchev–Trinajstić information content (AvgIpc) is 3.43. The van der Waals surface area contributed by atoms with E-state index in [2.05, 4.69) is 36.4 Å². The molecule has 0 unspecified atom stereocenters. The van der Waals surface area contributed by atoms with Gasteiger partial charge in [0.25, 0.3) is 0 Å². The smallest absolute Gasteiger partial charge is 0.234 e. The summed E-state index contributed by atoms with van der Waals surface area (Å²) in [5.74, 6) is -0.266. The number of anilines is 1. The van der Waals surface area contributed by atoms with Crippen molar-refractivity contribution in [3.8, 4) is 5.69 Å². The number of hydrogen-bond acceptors (Lipinski definition) is 8. The van der Waals surface area contributed by atoms with E-state index in [1.54, 1.807) is 17.7 Å². The lowest BCUT2D eigenvalue weighted by Gasteiger charge is -2.11. The summed E-state index contributed by atoms with van der Waals surface area (Å²) in [7, 11) is 0. The number of aryl methyl sites for hydroxylation is 1. The van der Waals surface area contributed by atoms with Crippen LogP contribution in [0.1, 0.15) is 37.5 Å². The van der Waals surface area contributed by atoms with E-state index in [1.165, 1.54) is 28.6 Å². The maximum absolute atomic E-state index is 14.1. The van der Waals surface area contributed by atoms with Crippen LogP contribution < -0.4 is 5.32 Å². The molecule has 0 atom stereocenters. The summed E-state index contributed by atoms with van der Waals surface area (Å²) in [6, 6.07) is 4.58. The number of amides is 1. The van der Waals surface area contributed by atoms with Gasteiger partial charge in [0.15, 0.2) is 5.82 Å². The first kappa shape index (κ1) is 18.5. The van der Waals surface area contributed by atoms with E-state index in [-0.39, 0.29) is 23.4 Å². The second-order valence-corrected chi connectivity index (χ2v) is 7.43. The Kier molecular flexibility index (Phi) is 5.28. The van der Waals surface area contributed by atoms with Crippen molar-refractivity contribution in [2.24, 2.45) is 0 Å². The summed E-state index contributed by atoms with van der Waals surface area (Å²) in [5.41, 5.74) is 0.616. The van der Waals surface area contributed by atoms with Gasteiger partial charge in [-0.05, 0) is 58.8 Å². The first-order valence-electron chi connectivity index (χ1n) is 8.87. The molecule has 0 saturated heterocycles. The molecule has 1 saturated carbocycles. The van der Waals surface area contributed by atoms with E-state index in [0.717, 1.165) is 25.7 Å². The second-order valence-electron chi connectivity index (χ2n) is 6.48. The van der Waals surface area contributed by atoms with Crippen molar-refractivity contribution in [1.29, 1.82) is 0 Å². The molecule has 12 heteroatoms. The maximum Gasteiger partial charge on any atom is 0.234 e. The Morgan fingerprint density at radius 3 is 2.79 bits per heavy atom. The van der Waals surface area contributed by atoms with Crippen molar-refractivity contribution in [2.75, 3.05) is 11.1 Å². The van der Waals surface area contributed by atoms with Gasteiger partial charge in [-0.25, -0.2) is 9.07 Å². The average molecular weight is 403 g/mol. The van der Waals surface area contributed by atoms with E-state index >= 15 is 0 Å². The molecule has 28 heavy (non-hydrogen) atoms. The number of thioether (sulfide) groups is 1. The summed E-state index contributed by atoms with van der Waals surface area (Å²) < 4.78 is 17.4. The zero-order chi connectivity index (χ0) is 19.5. The monoisotopic (exact) mass is 403 g/mol. The number of benzene rings is 1. The zero-order valence-corrected chi connectivity index (χ0v) is 15.9. The van der Waals surface area contributed by atoms with Crippen molar-refractivity contribution < 1.29 is 9.18 Å². The van der Waals surface area contributed by atoms with Crippen LogP contribution in [0.2, 0.25) is 0 Å². The van der Waals surface area contributed by atoms with Crippen molar-refractivity contribution in [1.82, 2.24) is 40.4 Å². The highest BCUT2D eigenvalue weighted by molar-refractivity contribution is 7.99. The lowest BCUT2D eigenvalue weighted by molar-refractivity contribution is -0.113. The van der Waals surface area contributed by atoms with Crippen LogP contribution in [-0.4, -0.2) is 52.1 Å². The number of aromatic nitrogens is 8. The van der Waals surface area contributed by atoms with E-state index in [4.69, 9.17) is 0 Å². The SMILES string of the molecule is Cc1nnnn1-c1ccc(F)c(NC(=O)CSc2nnnn2C2CCCC2)c1. The maximum atomic E-state index is 14.1. The Morgan fingerprint density at radius 2 is 2.04 bits per heavy atom. The van der Waals surface area contributed by atoms with Crippen molar-refractivity contribution in [3.63, 3.8) is 0 Å². The Bertz CT molecular complexity index is 982. The Hall–Kier alpha value is -2.89. The van der Waals surface area contributed by atoms with E-state index in [9.17, 15) is 9.18 Å². The Balaban J connectivity index is 1.42. The molecule has 1 aliphatic rings. The number of tetrazole rings is 2. The lowest BCUT2D eigenvalue weighted by Crippen LogP contribution is -2.16. The number of nitrogens with zero attached hydrogens (tertiary/aromatic N) is 8. The van der Waals surface area contributed by atoms with Crippen LogP contribution in [0.4, 0.5) is 10.1 Å². The molecule has 1 N–H and O–H groups in total. The van der Waals surface area contributed by atoms with Gasteiger partial charge >= 0.3 is 0 Å². The highest BCUT2D eigenvalue weighted by Crippen LogP contribution is 2.31. The van der Waals surface area contributed by atoms with Gasteiger partial charge in [-0.15, -0.1) is 10.2 Å². The number of halogens is 1. The fraction of sp³-hybridized carbons (Fsp3) is 0.438. The van der Waals surface area contributed by atoms with Crippen LogP contribution >= 0.6 is 11.8 Å². The molecule has 1 amide bonds. The van der Waals surface area contributed by atoms with Gasteiger partial charge in [0.05, 0.1) is 23.2 Å². The topological polar surface area (TPSA) is 116 Å². The summed E-state index contributed by atoms with van der Waals surface area (Å²) >= 11 is 1.23. The predicted molar refractivity (Wildman–Crippen MR) is 98.5 cm³/mol. The molecule has 4 rings (SSSR count). The molecular formula is C16H18FN9OS. The van der Waals surface area contributed by atoms with Crippen LogP contribution in [0.3, 0.4) is 0 Å². The molecule has 0 spiro atoms. The van der Waals surface area contributed by atoms with Crippen LogP contribution in [0, 0.1) is 12.7 Å². The predicted octanol–water partition coefficient (Wildman–Crippen LogP) is 1.94. The van der Waals surface area contributed by atoms with Crippen LogP contribution in [0.5, 0.6) is 0 Å². The summed E-state index contributed by atoms with van der Waals surface area (Å²) in [4.78, 5) is 12.3. The Labute approximate surface area is 163 Å². The largest absolute Gasteiger partial charge is 0.323 e. The van der Waals surface area contributed by atoms with E-state index in [1.807, 2.05) is 0 Å². The number of nitrogens with one attached hydrogen (secondary N) is 1. The van der Waals surface area contributed by atoms with Gasteiger partial charge in [-0.3, -0.25) is 4.79 Å². The third kappa shape index (κ3) is 3.86. The minimum Gasteiger partial charge on any atom is -0.323 e. The molecule has 0 aliphatic heterocycles. The van der Waals surface area contributed by atoms with Gasteiger partial charge in [0.1, 0.15) is 5.82 Å². The fourth-order valence-corrected chi connectivity index (χ4v) is 3.93. The van der Waals surface area contributed by atoms with Crippen LogP contribution in [0.25, 0.3) is 5.69 Å². The second kappa shape index (κ2) is 8.00. The first-order chi connectivity index (χ1) is 13.6. The minimum atomic E-state index is -0.538. The highest BCUT2D eigenvalue weighted by Gasteiger charge is 2.22. The van der Waals surface area contributed by atoms with Crippen LogP contribution in [0.15, 0.2) is 23.4 Å².